The number of thioether (sulfide) groups is 1. The Hall–Kier alpha value is -3.16. The molecule has 0 saturated heterocycles. The van der Waals surface area contributed by atoms with Gasteiger partial charge in [-0.05, 0) is 66.1 Å². The third kappa shape index (κ3) is 6.24. The van der Waals surface area contributed by atoms with Crippen LogP contribution in [0.15, 0.2) is 77.7 Å². The van der Waals surface area contributed by atoms with Gasteiger partial charge in [0, 0.05) is 23.7 Å². The van der Waals surface area contributed by atoms with Gasteiger partial charge in [-0.15, -0.1) is 11.8 Å². The van der Waals surface area contributed by atoms with Crippen molar-refractivity contribution in [3.8, 4) is 0 Å². The van der Waals surface area contributed by atoms with Gasteiger partial charge in [-0.3, -0.25) is 14.5 Å². The van der Waals surface area contributed by atoms with Gasteiger partial charge in [0.15, 0.2) is 0 Å². The average molecular weight is 478 g/mol. The molecule has 0 bridgehead atoms. The third-order valence-electron chi connectivity index (χ3n) is 5.97. The lowest BCUT2D eigenvalue weighted by Gasteiger charge is -2.35. The molecular weight excluding hydrogens is 449 g/mol. The number of carbonyl (C=O) groups excluding carboxylic acids is 2. The Bertz CT molecular complexity index is 1150. The molecule has 0 aromatic heterocycles. The number of benzene rings is 3. The highest BCUT2D eigenvalue weighted by molar-refractivity contribution is 7.98. The summed E-state index contributed by atoms with van der Waals surface area (Å²) in [6, 6.07) is 21.6. The van der Waals surface area contributed by atoms with E-state index in [9.17, 15) is 14.0 Å². The molecule has 0 aliphatic carbocycles. The van der Waals surface area contributed by atoms with Gasteiger partial charge in [-0.25, -0.2) is 4.39 Å². The minimum atomic E-state index is -0.439. The van der Waals surface area contributed by atoms with Gasteiger partial charge in [0.2, 0.25) is 11.8 Å². The maximum atomic E-state index is 13.1. The Morgan fingerprint density at radius 3 is 2.56 bits per heavy atom. The quantitative estimate of drug-likeness (QED) is 0.476. The summed E-state index contributed by atoms with van der Waals surface area (Å²) in [4.78, 5) is 29.0. The van der Waals surface area contributed by atoms with Crippen LogP contribution < -0.4 is 10.6 Å². The maximum Gasteiger partial charge on any atom is 0.238 e. The molecule has 1 aliphatic heterocycles. The monoisotopic (exact) mass is 477 g/mol. The van der Waals surface area contributed by atoms with Crippen LogP contribution in [0.1, 0.15) is 16.7 Å². The lowest BCUT2D eigenvalue weighted by atomic mass is 9.93. The van der Waals surface area contributed by atoms with Crippen molar-refractivity contribution < 1.29 is 14.0 Å². The molecule has 1 aliphatic rings. The number of anilines is 1. The fourth-order valence-electron chi connectivity index (χ4n) is 4.19. The molecule has 1 atom stereocenters. The number of carbonyl (C=O) groups is 2. The molecule has 1 unspecified atom stereocenters. The summed E-state index contributed by atoms with van der Waals surface area (Å²) in [7, 11) is 0. The minimum absolute atomic E-state index is 0.103. The van der Waals surface area contributed by atoms with Crippen LogP contribution in [0.3, 0.4) is 0 Å². The van der Waals surface area contributed by atoms with Crippen LogP contribution in [0.5, 0.6) is 0 Å². The number of hydrogen-bond donors (Lipinski definition) is 2. The second-order valence-corrected chi connectivity index (χ2v) is 9.22. The van der Waals surface area contributed by atoms with Crippen molar-refractivity contribution in [2.45, 2.75) is 30.3 Å². The van der Waals surface area contributed by atoms with E-state index in [0.29, 0.717) is 25.9 Å². The molecule has 2 N–H and O–H groups in total. The van der Waals surface area contributed by atoms with Crippen LogP contribution in [-0.2, 0) is 29.0 Å². The van der Waals surface area contributed by atoms with Crippen LogP contribution >= 0.6 is 11.8 Å². The van der Waals surface area contributed by atoms with E-state index in [1.165, 1.54) is 12.1 Å². The topological polar surface area (TPSA) is 61.4 Å². The number of fused-ring (bicyclic) bond motifs is 1. The van der Waals surface area contributed by atoms with Crippen molar-refractivity contribution in [2.75, 3.05) is 24.7 Å². The highest BCUT2D eigenvalue weighted by Gasteiger charge is 2.32. The standard InChI is InChI=1S/C27H28FN3O2S/c1-34-24-8-4-7-23(16-24)30-26(32)18-31-17-21-6-3-2-5-20(21)15-25(31)27(33)29-14-13-19-9-11-22(28)12-10-19/h2-12,16,25H,13-15,17-18H2,1H3,(H,29,33)(H,30,32). The van der Waals surface area contributed by atoms with Crippen LogP contribution in [0.25, 0.3) is 0 Å². The third-order valence-corrected chi connectivity index (χ3v) is 6.70. The Kier molecular flexibility index (Phi) is 7.98. The molecule has 2 amide bonds. The van der Waals surface area contributed by atoms with E-state index in [-0.39, 0.29) is 24.2 Å². The average Bonchev–Trinajstić information content (AvgIpc) is 2.84. The second-order valence-electron chi connectivity index (χ2n) is 8.34. The zero-order valence-electron chi connectivity index (χ0n) is 19.1. The molecule has 5 nitrogen and oxygen atoms in total. The molecule has 3 aromatic carbocycles. The summed E-state index contributed by atoms with van der Waals surface area (Å²) in [6.07, 6.45) is 3.15. The second kappa shape index (κ2) is 11.3. The van der Waals surface area contributed by atoms with E-state index >= 15 is 0 Å². The predicted molar refractivity (Wildman–Crippen MR) is 134 cm³/mol. The van der Waals surface area contributed by atoms with Crippen molar-refractivity contribution >= 4 is 29.3 Å². The van der Waals surface area contributed by atoms with Crippen molar-refractivity contribution in [1.29, 1.82) is 0 Å². The molecule has 0 fully saturated rings. The largest absolute Gasteiger partial charge is 0.354 e. The molecule has 0 saturated carbocycles. The number of hydrogen-bond acceptors (Lipinski definition) is 4. The first-order valence-corrected chi connectivity index (χ1v) is 12.5. The lowest BCUT2D eigenvalue weighted by Crippen LogP contribution is -2.52. The van der Waals surface area contributed by atoms with Gasteiger partial charge in [0.1, 0.15) is 5.82 Å². The fraction of sp³-hybridized carbons (Fsp3) is 0.259. The van der Waals surface area contributed by atoms with E-state index in [1.807, 2.05) is 59.7 Å². The summed E-state index contributed by atoms with van der Waals surface area (Å²) in [5, 5.41) is 5.97. The van der Waals surface area contributed by atoms with Gasteiger partial charge in [0.25, 0.3) is 0 Å². The lowest BCUT2D eigenvalue weighted by molar-refractivity contribution is -0.128. The summed E-state index contributed by atoms with van der Waals surface area (Å²) < 4.78 is 13.1. The van der Waals surface area contributed by atoms with Crippen LogP contribution in [0.4, 0.5) is 10.1 Å². The Labute approximate surface area is 203 Å². The van der Waals surface area contributed by atoms with Crippen molar-refractivity contribution in [2.24, 2.45) is 0 Å². The first-order chi connectivity index (χ1) is 16.5. The first-order valence-electron chi connectivity index (χ1n) is 11.3. The zero-order valence-corrected chi connectivity index (χ0v) is 19.9. The Morgan fingerprint density at radius 1 is 1.03 bits per heavy atom. The molecule has 0 spiro atoms. The molecule has 3 aromatic rings. The fourth-order valence-corrected chi connectivity index (χ4v) is 4.65. The Balaban J connectivity index is 1.41. The van der Waals surface area contributed by atoms with Crippen molar-refractivity contribution in [3.63, 3.8) is 0 Å². The molecule has 34 heavy (non-hydrogen) atoms. The molecule has 176 valence electrons. The molecule has 4 rings (SSSR count). The molecule has 1 heterocycles. The van der Waals surface area contributed by atoms with Crippen LogP contribution in [0.2, 0.25) is 0 Å². The smallest absolute Gasteiger partial charge is 0.238 e. The first kappa shape index (κ1) is 24.0. The van der Waals surface area contributed by atoms with Gasteiger partial charge in [0.05, 0.1) is 12.6 Å². The van der Waals surface area contributed by atoms with Crippen molar-refractivity contribution in [1.82, 2.24) is 10.2 Å². The SMILES string of the molecule is CSc1cccc(NC(=O)CN2Cc3ccccc3CC2C(=O)NCCc2ccc(F)cc2)c1. The summed E-state index contributed by atoms with van der Waals surface area (Å²) in [5.74, 6) is -0.529. The molecule has 7 heteroatoms. The van der Waals surface area contributed by atoms with E-state index < -0.39 is 6.04 Å². The van der Waals surface area contributed by atoms with Crippen LogP contribution in [-0.4, -0.2) is 42.1 Å². The van der Waals surface area contributed by atoms with E-state index in [2.05, 4.69) is 10.6 Å². The van der Waals surface area contributed by atoms with E-state index in [4.69, 9.17) is 0 Å². The van der Waals surface area contributed by atoms with Crippen molar-refractivity contribution in [3.05, 3.63) is 95.3 Å². The number of rotatable bonds is 8. The summed E-state index contributed by atoms with van der Waals surface area (Å²) in [6.45, 7) is 1.10. The van der Waals surface area contributed by atoms with E-state index in [0.717, 1.165) is 27.3 Å². The summed E-state index contributed by atoms with van der Waals surface area (Å²) >= 11 is 1.62. The highest BCUT2D eigenvalue weighted by atomic mass is 32.2. The number of amides is 2. The molecular formula is C27H28FN3O2S. The van der Waals surface area contributed by atoms with Crippen LogP contribution in [0, 0.1) is 5.82 Å². The minimum Gasteiger partial charge on any atom is -0.354 e. The summed E-state index contributed by atoms with van der Waals surface area (Å²) in [5.41, 5.74) is 3.97. The molecule has 0 radical (unpaired) electrons. The highest BCUT2D eigenvalue weighted by Crippen LogP contribution is 2.24. The van der Waals surface area contributed by atoms with Gasteiger partial charge >= 0.3 is 0 Å². The number of nitrogens with zero attached hydrogens (tertiary/aromatic N) is 1. The van der Waals surface area contributed by atoms with Gasteiger partial charge in [-0.1, -0.05) is 42.5 Å². The number of nitrogens with one attached hydrogen (secondary N) is 2. The van der Waals surface area contributed by atoms with E-state index in [1.54, 1.807) is 23.9 Å². The number of halogens is 1. The predicted octanol–water partition coefficient (Wildman–Crippen LogP) is 4.27. The van der Waals surface area contributed by atoms with Gasteiger partial charge < -0.3 is 10.6 Å². The zero-order chi connectivity index (χ0) is 23.9. The van der Waals surface area contributed by atoms with Gasteiger partial charge in [-0.2, -0.15) is 0 Å². The normalized spacial score (nSPS) is 15.4. The maximum absolute atomic E-state index is 13.1. The Morgan fingerprint density at radius 2 is 1.79 bits per heavy atom.